The summed E-state index contributed by atoms with van der Waals surface area (Å²) in [6.07, 6.45) is 0.483. The summed E-state index contributed by atoms with van der Waals surface area (Å²) in [5.41, 5.74) is 5.11. The van der Waals surface area contributed by atoms with E-state index in [1.54, 1.807) is 31.2 Å². The van der Waals surface area contributed by atoms with Gasteiger partial charge in [0, 0.05) is 0 Å². The highest BCUT2D eigenvalue weighted by Gasteiger charge is 2.21. The van der Waals surface area contributed by atoms with Gasteiger partial charge in [0.25, 0.3) is 0 Å². The zero-order valence-electron chi connectivity index (χ0n) is 7.70. The maximum absolute atomic E-state index is 9.92. The first-order valence-electron chi connectivity index (χ1n) is 4.28. The van der Waals surface area contributed by atoms with Crippen LogP contribution in [-0.4, -0.2) is 16.8 Å². The number of hydrogen-bond donors (Lipinski definition) is 3. The smallest absolute Gasteiger partial charge is 0.115 e. The summed E-state index contributed by atoms with van der Waals surface area (Å²) in [6, 6.07) is 6.60. The van der Waals surface area contributed by atoms with Crippen LogP contribution in [0.5, 0.6) is 5.75 Å². The van der Waals surface area contributed by atoms with Gasteiger partial charge in [0.15, 0.2) is 0 Å². The Hall–Kier alpha value is -1.06. The Kier molecular flexibility index (Phi) is 2.90. The van der Waals surface area contributed by atoms with Gasteiger partial charge in [0.05, 0.1) is 5.60 Å². The molecule has 3 heteroatoms. The van der Waals surface area contributed by atoms with Crippen molar-refractivity contribution >= 4 is 0 Å². The molecule has 1 rings (SSSR count). The topological polar surface area (TPSA) is 66.5 Å². The molecule has 0 radical (unpaired) electrons. The predicted octanol–water partition coefficient (Wildman–Crippen LogP) is 0.948. The molecule has 13 heavy (non-hydrogen) atoms. The molecular weight excluding hydrogens is 166 g/mol. The van der Waals surface area contributed by atoms with Crippen molar-refractivity contribution in [1.29, 1.82) is 0 Å². The van der Waals surface area contributed by atoms with Crippen LogP contribution in [0.3, 0.4) is 0 Å². The number of nitrogens with two attached hydrogens (primary N) is 1. The van der Waals surface area contributed by atoms with Gasteiger partial charge in [-0.25, -0.2) is 0 Å². The van der Waals surface area contributed by atoms with E-state index in [9.17, 15) is 10.2 Å². The Labute approximate surface area is 77.8 Å². The fourth-order valence-corrected chi connectivity index (χ4v) is 1.27. The number of phenols is 1. The lowest BCUT2D eigenvalue weighted by molar-refractivity contribution is 0.0502. The van der Waals surface area contributed by atoms with Crippen LogP contribution >= 0.6 is 0 Å². The van der Waals surface area contributed by atoms with E-state index in [1.165, 1.54) is 0 Å². The highest BCUT2D eigenvalue weighted by molar-refractivity contribution is 5.30. The second kappa shape index (κ2) is 3.77. The van der Waals surface area contributed by atoms with Crippen molar-refractivity contribution in [3.05, 3.63) is 29.8 Å². The monoisotopic (exact) mass is 181 g/mol. The summed E-state index contributed by atoms with van der Waals surface area (Å²) in [5.74, 6) is 0.162. The first-order chi connectivity index (χ1) is 6.06. The predicted molar refractivity (Wildman–Crippen MR) is 51.3 cm³/mol. The first kappa shape index (κ1) is 10.0. The minimum atomic E-state index is -0.951. The van der Waals surface area contributed by atoms with Crippen molar-refractivity contribution in [2.24, 2.45) is 5.73 Å². The molecule has 72 valence electrons. The van der Waals surface area contributed by atoms with Gasteiger partial charge in [-0.05, 0) is 37.6 Å². The molecule has 0 amide bonds. The normalized spacial score (nSPS) is 15.3. The Morgan fingerprint density at radius 2 is 2.15 bits per heavy atom. The lowest BCUT2D eigenvalue weighted by Crippen LogP contribution is -2.24. The largest absolute Gasteiger partial charge is 0.508 e. The third-order valence-electron chi connectivity index (χ3n) is 2.10. The Morgan fingerprint density at radius 1 is 1.46 bits per heavy atom. The lowest BCUT2D eigenvalue weighted by Gasteiger charge is -2.22. The summed E-state index contributed by atoms with van der Waals surface area (Å²) >= 11 is 0. The van der Waals surface area contributed by atoms with Crippen molar-refractivity contribution < 1.29 is 10.2 Å². The summed E-state index contributed by atoms with van der Waals surface area (Å²) in [7, 11) is 0. The van der Waals surface area contributed by atoms with Gasteiger partial charge in [-0.2, -0.15) is 0 Å². The third-order valence-corrected chi connectivity index (χ3v) is 2.10. The number of hydrogen-bond acceptors (Lipinski definition) is 3. The average molecular weight is 181 g/mol. The van der Waals surface area contributed by atoms with Gasteiger partial charge in [0.2, 0.25) is 0 Å². The maximum atomic E-state index is 9.92. The minimum absolute atomic E-state index is 0.162. The molecule has 0 aliphatic carbocycles. The molecule has 0 aromatic heterocycles. The number of aliphatic hydroxyl groups is 1. The number of aromatic hydroxyl groups is 1. The Bertz CT molecular complexity index is 284. The van der Waals surface area contributed by atoms with Gasteiger partial charge >= 0.3 is 0 Å². The Morgan fingerprint density at radius 3 is 2.69 bits per heavy atom. The molecule has 4 N–H and O–H groups in total. The number of benzene rings is 1. The second-order valence-electron chi connectivity index (χ2n) is 3.36. The van der Waals surface area contributed by atoms with Crippen LogP contribution in [0.1, 0.15) is 18.9 Å². The average Bonchev–Trinajstić information content (AvgIpc) is 2.04. The van der Waals surface area contributed by atoms with Crippen molar-refractivity contribution in [2.75, 3.05) is 6.54 Å². The van der Waals surface area contributed by atoms with Crippen LogP contribution in [0.15, 0.2) is 24.3 Å². The summed E-state index contributed by atoms with van der Waals surface area (Å²) in [4.78, 5) is 0. The van der Waals surface area contributed by atoms with Crippen LogP contribution in [0.25, 0.3) is 0 Å². The molecule has 0 saturated heterocycles. The molecule has 1 aromatic carbocycles. The number of rotatable bonds is 3. The van der Waals surface area contributed by atoms with E-state index in [0.717, 1.165) is 0 Å². The van der Waals surface area contributed by atoms with Gasteiger partial charge in [-0.1, -0.05) is 12.1 Å². The quantitative estimate of drug-likeness (QED) is 0.650. The van der Waals surface area contributed by atoms with E-state index >= 15 is 0 Å². The van der Waals surface area contributed by atoms with Crippen molar-refractivity contribution in [3.63, 3.8) is 0 Å². The van der Waals surface area contributed by atoms with Gasteiger partial charge < -0.3 is 15.9 Å². The standard InChI is InChI=1S/C10H15NO2/c1-10(13,5-6-11)8-3-2-4-9(12)7-8/h2-4,7,12-13H,5-6,11H2,1H3. The van der Waals surface area contributed by atoms with Crippen LogP contribution < -0.4 is 5.73 Å². The molecular formula is C10H15NO2. The van der Waals surface area contributed by atoms with Crippen LogP contribution in [0, 0.1) is 0 Å². The Balaban J connectivity index is 2.93. The maximum Gasteiger partial charge on any atom is 0.115 e. The van der Waals surface area contributed by atoms with E-state index in [-0.39, 0.29) is 5.75 Å². The molecule has 1 atom stereocenters. The fraction of sp³-hybridized carbons (Fsp3) is 0.400. The molecule has 0 aliphatic rings. The zero-order valence-corrected chi connectivity index (χ0v) is 7.70. The third kappa shape index (κ3) is 2.44. The second-order valence-corrected chi connectivity index (χ2v) is 3.36. The highest BCUT2D eigenvalue weighted by Crippen LogP contribution is 2.26. The highest BCUT2D eigenvalue weighted by atomic mass is 16.3. The van der Waals surface area contributed by atoms with E-state index in [1.807, 2.05) is 0 Å². The van der Waals surface area contributed by atoms with Crippen molar-refractivity contribution in [2.45, 2.75) is 18.9 Å². The molecule has 0 spiro atoms. The van der Waals surface area contributed by atoms with Gasteiger partial charge in [-0.3, -0.25) is 0 Å². The fourth-order valence-electron chi connectivity index (χ4n) is 1.27. The van der Waals surface area contributed by atoms with Crippen LogP contribution in [0.2, 0.25) is 0 Å². The molecule has 0 heterocycles. The molecule has 0 bridgehead atoms. The van der Waals surface area contributed by atoms with Gasteiger partial charge in [0.1, 0.15) is 5.75 Å². The molecule has 0 saturated carbocycles. The molecule has 1 unspecified atom stereocenters. The molecule has 1 aromatic rings. The number of phenolic OH excluding ortho intramolecular Hbond substituents is 1. The zero-order chi connectivity index (χ0) is 9.90. The summed E-state index contributed by atoms with van der Waals surface area (Å²) in [6.45, 7) is 2.11. The first-order valence-corrected chi connectivity index (χ1v) is 4.28. The van der Waals surface area contributed by atoms with E-state index in [4.69, 9.17) is 5.73 Å². The molecule has 0 aliphatic heterocycles. The van der Waals surface area contributed by atoms with Crippen LogP contribution in [-0.2, 0) is 5.60 Å². The molecule has 0 fully saturated rings. The van der Waals surface area contributed by atoms with Gasteiger partial charge in [-0.15, -0.1) is 0 Å². The SMILES string of the molecule is CC(O)(CCN)c1cccc(O)c1. The van der Waals surface area contributed by atoms with E-state index in [2.05, 4.69) is 0 Å². The summed E-state index contributed by atoms with van der Waals surface area (Å²) in [5, 5.41) is 19.1. The van der Waals surface area contributed by atoms with Crippen molar-refractivity contribution in [1.82, 2.24) is 0 Å². The minimum Gasteiger partial charge on any atom is -0.508 e. The lowest BCUT2D eigenvalue weighted by atomic mass is 9.92. The van der Waals surface area contributed by atoms with Crippen LogP contribution in [0.4, 0.5) is 0 Å². The molecule has 3 nitrogen and oxygen atoms in total. The van der Waals surface area contributed by atoms with E-state index in [0.29, 0.717) is 18.5 Å². The summed E-state index contributed by atoms with van der Waals surface area (Å²) < 4.78 is 0. The van der Waals surface area contributed by atoms with Crippen molar-refractivity contribution in [3.8, 4) is 5.75 Å². The van der Waals surface area contributed by atoms with E-state index < -0.39 is 5.60 Å².